The van der Waals surface area contributed by atoms with E-state index < -0.39 is 8.24 Å². The maximum absolute atomic E-state index is 6.23. The van der Waals surface area contributed by atoms with Crippen molar-refractivity contribution in [2.75, 3.05) is 70.9 Å². The van der Waals surface area contributed by atoms with Crippen LogP contribution in [0.1, 0.15) is 57.4 Å². The molecule has 0 aliphatic rings. The molecule has 6 heterocycles. The summed E-state index contributed by atoms with van der Waals surface area (Å²) in [7, 11) is 10.8. The van der Waals surface area contributed by atoms with Gasteiger partial charge in [0.1, 0.15) is 27.2 Å². The largest absolute Gasteiger partial charge is 0.380 e. The van der Waals surface area contributed by atoms with Gasteiger partial charge in [0, 0.05) is 75.8 Å². The van der Waals surface area contributed by atoms with Gasteiger partial charge in [0.15, 0.2) is 14.1 Å². The number of nitrogens with one attached hydrogen (secondary N) is 4. The zero-order valence-corrected chi connectivity index (χ0v) is 52.6. The Morgan fingerprint density at radius 2 is 1.03 bits per heavy atom. The Balaban J connectivity index is -0.000000263. The van der Waals surface area contributed by atoms with Crippen molar-refractivity contribution in [1.29, 1.82) is 0 Å². The average molecular weight is 1520 g/mol. The maximum atomic E-state index is 6.23. The summed E-state index contributed by atoms with van der Waals surface area (Å²) in [6, 6.07) is 5.81. The lowest BCUT2D eigenvalue weighted by molar-refractivity contribution is 0.112. The van der Waals surface area contributed by atoms with Crippen molar-refractivity contribution in [3.05, 3.63) is 85.1 Å². The Morgan fingerprint density at radius 1 is 0.690 bits per heavy atom. The van der Waals surface area contributed by atoms with Crippen molar-refractivity contribution < 1.29 is 9.68 Å². The van der Waals surface area contributed by atoms with E-state index in [9.17, 15) is 0 Å². The van der Waals surface area contributed by atoms with Crippen LogP contribution < -0.4 is 26.2 Å². The number of rotatable bonds is 13. The Bertz CT molecular complexity index is 2420. The number of allylic oxidation sites excluding steroid dienone is 1. The predicted octanol–water partition coefficient (Wildman–Crippen LogP) is 15.2. The quantitative estimate of drug-likeness (QED) is 0.0216. The molecule has 16 nitrogen and oxygen atoms in total. The van der Waals surface area contributed by atoms with Gasteiger partial charge in [0.25, 0.3) is 0 Å². The van der Waals surface area contributed by atoms with Crippen molar-refractivity contribution in [3.63, 3.8) is 0 Å². The van der Waals surface area contributed by atoms with Gasteiger partial charge in [-0.05, 0) is 30.2 Å². The third-order valence-corrected chi connectivity index (χ3v) is 20.3. The molecule has 0 radical (unpaired) electrons. The molecule has 0 atom stereocenters. The molecule has 0 fully saturated rings. The molecule has 0 bridgehead atoms. The van der Waals surface area contributed by atoms with E-state index >= 15 is 0 Å². The van der Waals surface area contributed by atoms with Crippen molar-refractivity contribution in [2.24, 2.45) is 21.1 Å². The Hall–Kier alpha value is -1.83. The molecule has 0 saturated carbocycles. The van der Waals surface area contributed by atoms with E-state index in [2.05, 4.69) is 207 Å². The number of nitrogens with zero attached hydrogens (tertiary/aromatic N) is 10. The molecule has 0 spiro atoms. The van der Waals surface area contributed by atoms with E-state index in [1.54, 1.807) is 38.5 Å². The number of hydrogen-bond donors (Lipinski definition) is 4. The zero-order valence-electron chi connectivity index (χ0n) is 40.6. The van der Waals surface area contributed by atoms with Gasteiger partial charge >= 0.3 is 0 Å². The van der Waals surface area contributed by atoms with Crippen LogP contribution in [0.5, 0.6) is 0 Å². The van der Waals surface area contributed by atoms with E-state index in [-0.39, 0.29) is 47.2 Å². The monoisotopic (exact) mass is 1520 g/mol. The normalized spacial score (nSPS) is 10.2. The van der Waals surface area contributed by atoms with E-state index in [0.29, 0.717) is 42.7 Å². The molecule has 0 aromatic carbocycles. The summed E-state index contributed by atoms with van der Waals surface area (Å²) in [5.41, 5.74) is 4.97. The molecule has 0 aliphatic carbocycles. The van der Waals surface area contributed by atoms with Crippen molar-refractivity contribution in [3.8, 4) is 0 Å². The third-order valence-electron chi connectivity index (χ3n) is 9.29. The smallest absolute Gasteiger partial charge is 0.227 e. The van der Waals surface area contributed by atoms with Crippen LogP contribution in [0.3, 0.4) is 0 Å². The number of hydroxylamine groups is 2. The molecule has 0 amide bonds. The highest BCUT2D eigenvalue weighted by Gasteiger charge is 2.36. The highest BCUT2D eigenvalue weighted by atomic mass is 127. The van der Waals surface area contributed by atoms with Crippen LogP contribution in [0.4, 0.5) is 23.7 Å². The third kappa shape index (κ3) is 26.5. The first kappa shape index (κ1) is 78.1. The molecule has 406 valence electrons. The molecule has 71 heavy (non-hydrogen) atoms. The minimum atomic E-state index is -1.70. The molecular formula is C47H83Cl3I4N14O2Si. The lowest BCUT2D eigenvalue weighted by Crippen LogP contribution is -2.46. The number of hydrogen-bond acceptors (Lipinski definition) is 13. The molecular weight excluding hydrogens is 1430 g/mol. The fraction of sp³-hybridized carbons (Fsp3) is 0.489. The Morgan fingerprint density at radius 3 is 1.35 bits per heavy atom. The van der Waals surface area contributed by atoms with Crippen LogP contribution in [-0.4, -0.2) is 104 Å². The molecule has 0 aliphatic heterocycles. The predicted molar refractivity (Wildman–Crippen MR) is 354 cm³/mol. The Kier molecular flexibility index (Phi) is 42.5. The average Bonchev–Trinajstić information content (AvgIpc) is 3.97. The van der Waals surface area contributed by atoms with Crippen LogP contribution in [0, 0.1) is 0 Å². The van der Waals surface area contributed by atoms with E-state index in [1.807, 2.05) is 84.8 Å². The molecule has 4 N–H and O–H groups in total. The highest BCUT2D eigenvalue weighted by molar-refractivity contribution is 14.2. The van der Waals surface area contributed by atoms with Gasteiger partial charge in [-0.25, -0.2) is 20.5 Å². The minimum Gasteiger partial charge on any atom is -0.380 e. The van der Waals surface area contributed by atoms with Gasteiger partial charge < -0.3 is 34.2 Å². The topological polar surface area (TPSA) is 162 Å². The fourth-order valence-electron chi connectivity index (χ4n) is 4.66. The second-order valence-corrected chi connectivity index (χ2v) is 29.8. The first-order valence-electron chi connectivity index (χ1n) is 20.3. The highest BCUT2D eigenvalue weighted by Crippen LogP contribution is 2.36. The molecule has 24 heteroatoms. The van der Waals surface area contributed by atoms with Gasteiger partial charge in [-0.1, -0.05) is 195 Å². The van der Waals surface area contributed by atoms with E-state index in [4.69, 9.17) is 28.0 Å². The van der Waals surface area contributed by atoms with Gasteiger partial charge in [-0.15, -0.1) is 32.1 Å². The standard InChI is InChI=1S/C13H21ClN4Si.C12H17N5O.C10H11ClN4.C3H5I3.C3H5I.C2H7NO.4CH4.ClH/c1-13(2,3)19(5,6)17-12-15-10(14)9-7-8-18(4)11(9)16-12;1-5-7-13-12-14-10-9(6-8-16(10)2)11(15-12)17(3)18-4;1-3-5-12-10-13-8(11)7-4-6-15(2)9(7)14-10;1-3(5,6)2-4;1-2-3-4;1-3-4-2;;;;;/h7-8H,1-6H3,(H,15,16,17);5-6,8H,1,7H2,2-4H3,(H,13,14,15);3-4,6H,1,5H2,2H3,(H,12,13,14);2H2,1H3;2H,1,3H2;3H,1-2H3;4*1H4;1H. The molecule has 0 saturated heterocycles. The Labute approximate surface area is 498 Å². The summed E-state index contributed by atoms with van der Waals surface area (Å²) in [4.78, 5) is 39.4. The summed E-state index contributed by atoms with van der Waals surface area (Å²) in [5.74, 6) is 2.44. The maximum Gasteiger partial charge on any atom is 0.227 e. The number of aromatic nitrogens is 9. The van der Waals surface area contributed by atoms with E-state index in [0.717, 1.165) is 43.3 Å². The number of aryl methyl sites for hydroxylation is 3. The van der Waals surface area contributed by atoms with Gasteiger partial charge in [0.2, 0.25) is 17.8 Å². The van der Waals surface area contributed by atoms with Crippen molar-refractivity contribution in [1.82, 2.24) is 49.1 Å². The lowest BCUT2D eigenvalue weighted by atomic mass is 10.2. The van der Waals surface area contributed by atoms with Gasteiger partial charge in [0.05, 0.1) is 31.8 Å². The fourth-order valence-corrected chi connectivity index (χ4v) is 6.16. The van der Waals surface area contributed by atoms with Crippen LogP contribution >= 0.6 is 126 Å². The molecule has 6 aromatic rings. The first-order valence-corrected chi connectivity index (χ1v) is 29.2. The lowest BCUT2D eigenvalue weighted by Gasteiger charge is -2.37. The van der Waals surface area contributed by atoms with Crippen LogP contribution in [0.15, 0.2) is 74.8 Å². The van der Waals surface area contributed by atoms with Crippen LogP contribution in [-0.2, 0) is 30.8 Å². The summed E-state index contributed by atoms with van der Waals surface area (Å²) in [6.45, 7) is 25.5. The summed E-state index contributed by atoms with van der Waals surface area (Å²) < 4.78 is 8.55. The summed E-state index contributed by atoms with van der Waals surface area (Å²) in [6.07, 6.45) is 11.2. The van der Waals surface area contributed by atoms with Crippen molar-refractivity contribution >= 4 is 191 Å². The zero-order chi connectivity index (χ0) is 50.4. The summed E-state index contributed by atoms with van der Waals surface area (Å²) in [5, 5.41) is 11.6. The van der Waals surface area contributed by atoms with E-state index in [1.165, 1.54) is 4.43 Å². The van der Waals surface area contributed by atoms with Crippen LogP contribution in [0.25, 0.3) is 33.1 Å². The second kappa shape index (κ2) is 38.7. The first-order chi connectivity index (χ1) is 30.9. The number of alkyl halides is 4. The summed E-state index contributed by atoms with van der Waals surface area (Å²) >= 11 is 21.7. The minimum absolute atomic E-state index is 0. The van der Waals surface area contributed by atoms with Crippen LogP contribution in [0.2, 0.25) is 28.4 Å². The molecule has 6 aromatic heterocycles. The number of halogens is 7. The SMILES string of the molecule is C.C.C.C.C=CCI.C=CCNc1nc(Cl)c2ccn(C)c2n1.C=CCNc1nc(N(C)OC)c2ccn(C)c2n1.CC(I)(I)CI.CNOC.Cl.Cn1ccc2c(Cl)nc(N[Si](C)(C)C(C)(C)C)nc21. The number of fused-ring (bicyclic) bond motifs is 3. The van der Waals surface area contributed by atoms with Gasteiger partial charge in [-0.2, -0.15) is 19.9 Å². The molecule has 0 unspecified atom stereocenters. The van der Waals surface area contributed by atoms with Crippen molar-refractivity contribution in [2.45, 2.75) is 77.0 Å². The van der Waals surface area contributed by atoms with Gasteiger partial charge in [-0.3, -0.25) is 4.84 Å². The molecule has 6 rings (SSSR count). The second-order valence-electron chi connectivity index (χ2n) is 15.6. The number of anilines is 4.